The standard InChI is InChI=1S/C7H9N3O3S.HI/c1-10-4-3-6(5-8-10)7(11)9-14(2,12)13;/h3-5H,1-2H3;1H. The molecule has 15 heavy (non-hydrogen) atoms. The van der Waals surface area contributed by atoms with E-state index in [0.717, 1.165) is 6.26 Å². The lowest BCUT2D eigenvalue weighted by molar-refractivity contribution is -0.730. The van der Waals surface area contributed by atoms with Crippen LogP contribution in [0.3, 0.4) is 0 Å². The highest BCUT2D eigenvalue weighted by molar-refractivity contribution is 7.89. The van der Waals surface area contributed by atoms with Crippen LogP contribution in [-0.2, 0) is 17.1 Å². The molecule has 1 heterocycles. The number of nitrogens with zero attached hydrogens (tertiary/aromatic N) is 2. The van der Waals surface area contributed by atoms with Gasteiger partial charge in [-0.15, -0.1) is 0 Å². The van der Waals surface area contributed by atoms with E-state index in [-0.39, 0.29) is 29.5 Å². The Hall–Kier alpha value is -0.770. The van der Waals surface area contributed by atoms with E-state index >= 15 is 0 Å². The molecule has 1 rings (SSSR count). The van der Waals surface area contributed by atoms with Crippen LogP contribution in [0.5, 0.6) is 0 Å². The first-order valence-electron chi connectivity index (χ1n) is 3.72. The fourth-order valence-corrected chi connectivity index (χ4v) is 1.24. The quantitative estimate of drug-likeness (QED) is 0.435. The van der Waals surface area contributed by atoms with Crippen molar-refractivity contribution >= 4 is 15.9 Å². The van der Waals surface area contributed by atoms with Crippen LogP contribution in [0, 0.1) is 0 Å². The van der Waals surface area contributed by atoms with Crippen molar-refractivity contribution in [2.45, 2.75) is 0 Å². The first kappa shape index (κ1) is 14.2. The summed E-state index contributed by atoms with van der Waals surface area (Å²) in [5.74, 6) is -0.680. The normalized spacial score (nSPS) is 10.3. The van der Waals surface area contributed by atoms with E-state index in [4.69, 9.17) is 0 Å². The summed E-state index contributed by atoms with van der Waals surface area (Å²) < 4.78 is 24.8. The van der Waals surface area contributed by atoms with E-state index in [1.807, 2.05) is 4.72 Å². The molecule has 0 unspecified atom stereocenters. The van der Waals surface area contributed by atoms with E-state index < -0.39 is 15.9 Å². The van der Waals surface area contributed by atoms with Crippen molar-refractivity contribution in [3.05, 3.63) is 24.0 Å². The van der Waals surface area contributed by atoms with E-state index in [0.29, 0.717) is 0 Å². The van der Waals surface area contributed by atoms with Crippen LogP contribution in [0.25, 0.3) is 0 Å². The number of amides is 1. The van der Waals surface area contributed by atoms with E-state index in [9.17, 15) is 13.2 Å². The summed E-state index contributed by atoms with van der Waals surface area (Å²) in [5.41, 5.74) is 0.202. The second-order valence-electron chi connectivity index (χ2n) is 2.79. The summed E-state index contributed by atoms with van der Waals surface area (Å²) >= 11 is 0. The fraction of sp³-hybridized carbons (Fsp3) is 0.286. The second kappa shape index (κ2) is 5.35. The number of nitrogens with one attached hydrogen (secondary N) is 1. The molecule has 0 aliphatic carbocycles. The van der Waals surface area contributed by atoms with Crippen molar-refractivity contribution in [3.63, 3.8) is 0 Å². The molecule has 0 aromatic carbocycles. The van der Waals surface area contributed by atoms with Crippen molar-refractivity contribution in [1.82, 2.24) is 9.82 Å². The molecular weight excluding hydrogens is 333 g/mol. The highest BCUT2D eigenvalue weighted by Crippen LogP contribution is 1.93. The molecule has 1 aromatic rings. The van der Waals surface area contributed by atoms with Crippen LogP contribution in [0.1, 0.15) is 10.4 Å². The first-order valence-corrected chi connectivity index (χ1v) is 5.62. The van der Waals surface area contributed by atoms with Crippen LogP contribution in [0.2, 0.25) is 0 Å². The second-order valence-corrected chi connectivity index (χ2v) is 4.54. The van der Waals surface area contributed by atoms with Gasteiger partial charge in [0.2, 0.25) is 10.0 Å². The Morgan fingerprint density at radius 2 is 2.13 bits per heavy atom. The molecule has 0 radical (unpaired) electrons. The van der Waals surface area contributed by atoms with Crippen LogP contribution in [-0.4, -0.2) is 25.7 Å². The topological polar surface area (TPSA) is 80.0 Å². The lowest BCUT2D eigenvalue weighted by Crippen LogP contribution is -3.00. The average Bonchev–Trinajstić information content (AvgIpc) is 2.02. The van der Waals surface area contributed by atoms with Gasteiger partial charge in [0.05, 0.1) is 11.8 Å². The molecule has 0 bridgehead atoms. The van der Waals surface area contributed by atoms with Crippen LogP contribution in [0.4, 0.5) is 0 Å². The van der Waals surface area contributed by atoms with Gasteiger partial charge < -0.3 is 24.0 Å². The number of hydrogen-bond donors (Lipinski definition) is 1. The van der Waals surface area contributed by atoms with Gasteiger partial charge in [-0.3, -0.25) is 4.79 Å². The van der Waals surface area contributed by atoms with Crippen molar-refractivity contribution in [2.75, 3.05) is 6.26 Å². The van der Waals surface area contributed by atoms with E-state index in [1.165, 1.54) is 16.9 Å². The Kier molecular flexibility index (Phi) is 5.08. The maximum absolute atomic E-state index is 11.2. The molecule has 6 nitrogen and oxygen atoms in total. The van der Waals surface area contributed by atoms with Gasteiger partial charge in [0.1, 0.15) is 6.20 Å². The zero-order chi connectivity index (χ0) is 10.8. The number of carbonyl (C=O) groups is 1. The lowest BCUT2D eigenvalue weighted by atomic mass is 10.3. The summed E-state index contributed by atoms with van der Waals surface area (Å²) in [4.78, 5) is 11.2. The Bertz CT molecular complexity index is 443. The van der Waals surface area contributed by atoms with Crippen LogP contribution < -0.4 is 33.4 Å². The largest absolute Gasteiger partial charge is 1.00 e. The minimum absolute atomic E-state index is 0. The SMILES string of the molecule is C[n+]1ccc(C(=O)NS(C)(=O)=O)cn1.[I-]. The molecule has 84 valence electrons. The predicted molar refractivity (Wildman–Crippen MR) is 47.7 cm³/mol. The Morgan fingerprint density at radius 3 is 2.53 bits per heavy atom. The monoisotopic (exact) mass is 343 g/mol. The molecule has 0 fully saturated rings. The molecule has 1 N–H and O–H groups in total. The van der Waals surface area contributed by atoms with Gasteiger partial charge in [0.25, 0.3) is 5.91 Å². The summed E-state index contributed by atoms with van der Waals surface area (Å²) in [6, 6.07) is 1.48. The van der Waals surface area contributed by atoms with Gasteiger partial charge in [-0.05, 0) is 5.10 Å². The predicted octanol–water partition coefficient (Wildman–Crippen LogP) is -4.40. The molecule has 0 saturated heterocycles. The Balaban J connectivity index is 0.00000196. The number of carbonyl (C=O) groups excluding carboxylic acids is 1. The number of sulfonamides is 1. The van der Waals surface area contributed by atoms with Crippen molar-refractivity contribution in [2.24, 2.45) is 7.05 Å². The molecule has 0 saturated carbocycles. The molecule has 0 aliphatic heterocycles. The molecule has 0 atom stereocenters. The van der Waals surface area contributed by atoms with Crippen molar-refractivity contribution in [1.29, 1.82) is 0 Å². The highest BCUT2D eigenvalue weighted by Gasteiger charge is 2.12. The third kappa shape index (κ3) is 5.02. The van der Waals surface area contributed by atoms with Gasteiger partial charge in [-0.2, -0.15) is 0 Å². The Labute approximate surface area is 105 Å². The van der Waals surface area contributed by atoms with Gasteiger partial charge in [-0.25, -0.2) is 13.1 Å². The molecule has 0 aliphatic rings. The molecular formula is C7H10IN3O3S. The summed E-state index contributed by atoms with van der Waals surface area (Å²) in [7, 11) is -1.82. The Morgan fingerprint density at radius 1 is 1.53 bits per heavy atom. The molecule has 0 spiro atoms. The van der Waals surface area contributed by atoms with E-state index in [2.05, 4.69) is 5.10 Å². The highest BCUT2D eigenvalue weighted by atomic mass is 127. The smallest absolute Gasteiger partial charge is 0.266 e. The molecule has 1 aromatic heterocycles. The molecule has 1 amide bonds. The number of halogens is 1. The maximum atomic E-state index is 11.2. The fourth-order valence-electron chi connectivity index (χ4n) is 0.785. The maximum Gasteiger partial charge on any atom is 0.266 e. The third-order valence-electron chi connectivity index (χ3n) is 1.39. The zero-order valence-corrected chi connectivity index (χ0v) is 11.1. The summed E-state index contributed by atoms with van der Waals surface area (Å²) in [5, 5.41) is 3.79. The summed E-state index contributed by atoms with van der Waals surface area (Å²) in [6.45, 7) is 0. The van der Waals surface area contributed by atoms with Crippen LogP contribution in [0.15, 0.2) is 18.5 Å². The minimum Gasteiger partial charge on any atom is -1.00 e. The van der Waals surface area contributed by atoms with Gasteiger partial charge >= 0.3 is 0 Å². The van der Waals surface area contributed by atoms with Crippen molar-refractivity contribution < 1.29 is 41.9 Å². The summed E-state index contributed by atoms with van der Waals surface area (Å²) in [6.07, 6.45) is 3.76. The molecule has 8 heteroatoms. The average molecular weight is 343 g/mol. The number of aryl methyl sites for hydroxylation is 1. The number of rotatable bonds is 2. The minimum atomic E-state index is -3.52. The lowest BCUT2D eigenvalue weighted by Gasteiger charge is -1.99. The first-order chi connectivity index (χ1) is 6.38. The van der Waals surface area contributed by atoms with Gasteiger partial charge in [0.15, 0.2) is 13.2 Å². The third-order valence-corrected chi connectivity index (χ3v) is 1.95. The van der Waals surface area contributed by atoms with Crippen LogP contribution >= 0.6 is 0 Å². The van der Waals surface area contributed by atoms with Crippen molar-refractivity contribution in [3.8, 4) is 0 Å². The van der Waals surface area contributed by atoms with Gasteiger partial charge in [-0.1, -0.05) is 4.68 Å². The zero-order valence-electron chi connectivity index (χ0n) is 8.14. The number of hydrogen-bond acceptors (Lipinski definition) is 4. The van der Waals surface area contributed by atoms with E-state index in [1.54, 1.807) is 13.2 Å². The van der Waals surface area contributed by atoms with Gasteiger partial charge in [0, 0.05) is 6.07 Å². The number of aromatic nitrogens is 2.